The number of unbranched alkanes of at least 4 members (excludes halogenated alkanes) is 2. The van der Waals surface area contributed by atoms with Crippen molar-refractivity contribution in [2.45, 2.75) is 57.3 Å². The maximum atomic E-state index is 13.1. The van der Waals surface area contributed by atoms with Crippen LogP contribution in [0.3, 0.4) is 0 Å². The number of hydrogen-bond acceptors (Lipinski definition) is 6. The van der Waals surface area contributed by atoms with Gasteiger partial charge in [-0.05, 0) is 85.0 Å². The zero-order chi connectivity index (χ0) is 30.9. The third-order valence-electron chi connectivity index (χ3n) is 8.45. The first-order valence-electron chi connectivity index (χ1n) is 14.5. The van der Waals surface area contributed by atoms with E-state index in [1.807, 2.05) is 25.1 Å². The molecule has 1 aliphatic heterocycles. The number of aliphatic carboxylic acids is 1. The Hall–Kier alpha value is -3.96. The van der Waals surface area contributed by atoms with Crippen LogP contribution in [0, 0.1) is 19.8 Å². The number of ether oxygens (including phenoxy) is 1. The third-order valence-corrected chi connectivity index (χ3v) is 9.34. The van der Waals surface area contributed by atoms with Gasteiger partial charge in [0.1, 0.15) is 10.6 Å². The second kappa shape index (κ2) is 12.3. The average Bonchev–Trinajstić information content (AvgIpc) is 2.97. The zero-order valence-electron chi connectivity index (χ0n) is 24.3. The Kier molecular flexibility index (Phi) is 8.75. The molecule has 228 valence electrons. The summed E-state index contributed by atoms with van der Waals surface area (Å²) < 4.78 is 40.4. The highest BCUT2D eigenvalue weighted by Gasteiger charge is 2.28. The minimum Gasteiger partial charge on any atom is -0.483 e. The SMILES string of the molecule is Cc1cc(OCC(=O)N2CCC(C(=O)NCCCCCC(=O)O)CC2)c2ccc3c(S(=O)(=O)O)cc(C)c4ccc1c2c43. The first-order valence-corrected chi connectivity index (χ1v) is 16.0. The molecule has 3 N–H and O–H groups in total. The van der Waals surface area contributed by atoms with Crippen LogP contribution >= 0.6 is 0 Å². The van der Waals surface area contributed by atoms with Crippen LogP contribution in [-0.4, -0.2) is 67.0 Å². The van der Waals surface area contributed by atoms with Crippen LogP contribution in [0.15, 0.2) is 41.3 Å². The highest BCUT2D eigenvalue weighted by Crippen LogP contribution is 2.43. The van der Waals surface area contributed by atoms with E-state index in [1.165, 1.54) is 6.07 Å². The normalized spacial score (nSPS) is 14.5. The molecule has 0 aromatic heterocycles. The quantitative estimate of drug-likeness (QED) is 0.125. The molecule has 0 unspecified atom stereocenters. The molecular weight excluding hydrogens is 572 g/mol. The van der Waals surface area contributed by atoms with Crippen molar-refractivity contribution < 1.29 is 37.2 Å². The van der Waals surface area contributed by atoms with Crippen LogP contribution in [0.1, 0.15) is 49.7 Å². The Morgan fingerprint density at radius 1 is 0.907 bits per heavy atom. The van der Waals surface area contributed by atoms with Crippen LogP contribution in [0.2, 0.25) is 0 Å². The fourth-order valence-electron chi connectivity index (χ4n) is 6.16. The summed E-state index contributed by atoms with van der Waals surface area (Å²) in [5, 5.41) is 16.1. The molecule has 0 radical (unpaired) electrons. The van der Waals surface area contributed by atoms with Crippen molar-refractivity contribution in [1.82, 2.24) is 10.2 Å². The van der Waals surface area contributed by atoms with Gasteiger partial charge in [0.25, 0.3) is 16.0 Å². The Bertz CT molecular complexity index is 1810. The summed E-state index contributed by atoms with van der Waals surface area (Å²) in [5.74, 6) is -0.669. The molecule has 0 aliphatic carbocycles. The van der Waals surface area contributed by atoms with Gasteiger partial charge in [0, 0.05) is 48.1 Å². The van der Waals surface area contributed by atoms with Crippen LogP contribution in [0.5, 0.6) is 5.75 Å². The molecule has 1 heterocycles. The lowest BCUT2D eigenvalue weighted by Crippen LogP contribution is -2.44. The van der Waals surface area contributed by atoms with Gasteiger partial charge in [-0.3, -0.25) is 18.9 Å². The van der Waals surface area contributed by atoms with Crippen molar-refractivity contribution in [3.8, 4) is 5.75 Å². The fourth-order valence-corrected chi connectivity index (χ4v) is 6.93. The van der Waals surface area contributed by atoms with Crippen LogP contribution in [0.25, 0.3) is 32.3 Å². The molecule has 11 heteroatoms. The molecule has 4 aromatic carbocycles. The molecule has 1 aliphatic rings. The number of nitrogens with one attached hydrogen (secondary N) is 1. The van der Waals surface area contributed by atoms with E-state index in [0.717, 1.165) is 50.9 Å². The van der Waals surface area contributed by atoms with Crippen molar-refractivity contribution in [1.29, 1.82) is 0 Å². The molecule has 1 fully saturated rings. The Morgan fingerprint density at radius 2 is 1.51 bits per heavy atom. The lowest BCUT2D eigenvalue weighted by molar-refractivity contribution is -0.137. The number of piperidine rings is 1. The number of carbonyl (C=O) groups is 3. The molecule has 0 spiro atoms. The summed E-state index contributed by atoms with van der Waals surface area (Å²) in [6, 6.07) is 10.7. The highest BCUT2D eigenvalue weighted by atomic mass is 32.2. The van der Waals surface area contributed by atoms with Gasteiger partial charge in [0.2, 0.25) is 5.91 Å². The van der Waals surface area contributed by atoms with Gasteiger partial charge in [-0.15, -0.1) is 0 Å². The zero-order valence-corrected chi connectivity index (χ0v) is 25.1. The van der Waals surface area contributed by atoms with Gasteiger partial charge in [-0.25, -0.2) is 0 Å². The molecule has 4 aromatic rings. The maximum Gasteiger partial charge on any atom is 0.303 e. The first kappa shape index (κ1) is 30.5. The van der Waals surface area contributed by atoms with E-state index in [-0.39, 0.29) is 35.7 Å². The van der Waals surface area contributed by atoms with Crippen LogP contribution in [-0.2, 0) is 24.5 Å². The lowest BCUT2D eigenvalue weighted by Gasteiger charge is -2.31. The Balaban J connectivity index is 1.25. The van der Waals surface area contributed by atoms with E-state index in [1.54, 1.807) is 24.0 Å². The smallest absolute Gasteiger partial charge is 0.303 e. The van der Waals surface area contributed by atoms with Crippen molar-refractivity contribution >= 4 is 60.2 Å². The molecule has 0 saturated carbocycles. The van der Waals surface area contributed by atoms with Gasteiger partial charge in [-0.1, -0.05) is 24.6 Å². The Labute approximate surface area is 250 Å². The second-order valence-electron chi connectivity index (χ2n) is 11.4. The number of hydrogen-bond donors (Lipinski definition) is 3. The number of amides is 2. The predicted molar refractivity (Wildman–Crippen MR) is 163 cm³/mol. The largest absolute Gasteiger partial charge is 0.483 e. The van der Waals surface area contributed by atoms with Crippen LogP contribution < -0.4 is 10.1 Å². The van der Waals surface area contributed by atoms with E-state index in [2.05, 4.69) is 5.32 Å². The highest BCUT2D eigenvalue weighted by molar-refractivity contribution is 7.86. The van der Waals surface area contributed by atoms with Crippen molar-refractivity contribution in [2.24, 2.45) is 5.92 Å². The maximum absolute atomic E-state index is 13.1. The number of nitrogens with zero attached hydrogens (tertiary/aromatic N) is 1. The molecule has 1 saturated heterocycles. The summed E-state index contributed by atoms with van der Waals surface area (Å²) >= 11 is 0. The molecular formula is C32H36N2O8S. The number of carbonyl (C=O) groups excluding carboxylic acids is 2. The molecule has 5 rings (SSSR count). The fraction of sp³-hybridized carbons (Fsp3) is 0.406. The molecule has 0 bridgehead atoms. The van der Waals surface area contributed by atoms with Gasteiger partial charge in [0.15, 0.2) is 6.61 Å². The summed E-state index contributed by atoms with van der Waals surface area (Å²) in [6.07, 6.45) is 3.33. The van der Waals surface area contributed by atoms with E-state index < -0.39 is 16.1 Å². The number of likely N-dealkylation sites (tertiary alicyclic amines) is 1. The van der Waals surface area contributed by atoms with Crippen molar-refractivity contribution in [2.75, 3.05) is 26.2 Å². The standard InChI is InChI=1S/C32H36N2O8S/c1-19-16-26(24-9-10-25-27(43(39,40)41)17-20(2)23-8-7-22(19)30(24)31(23)25)42-18-28(35)34-14-11-21(12-15-34)32(38)33-13-5-3-4-6-29(36)37/h7-10,16-17,21H,3-6,11-15,18H2,1-2H3,(H,33,38)(H,36,37)(H,39,40,41). The third kappa shape index (κ3) is 6.37. The van der Waals surface area contributed by atoms with Crippen LogP contribution in [0.4, 0.5) is 0 Å². The summed E-state index contributed by atoms with van der Waals surface area (Å²) in [4.78, 5) is 37.8. The second-order valence-corrected chi connectivity index (χ2v) is 12.8. The number of carboxylic acid groups (broad SMARTS) is 1. The first-order chi connectivity index (χ1) is 20.5. The van der Waals surface area contributed by atoms with Gasteiger partial charge in [-0.2, -0.15) is 8.42 Å². The van der Waals surface area contributed by atoms with Gasteiger partial charge < -0.3 is 20.1 Å². The van der Waals surface area contributed by atoms with E-state index >= 15 is 0 Å². The monoisotopic (exact) mass is 608 g/mol. The van der Waals surface area contributed by atoms with E-state index in [4.69, 9.17) is 9.84 Å². The van der Waals surface area contributed by atoms with Gasteiger partial charge in [0.05, 0.1) is 0 Å². The number of aryl methyl sites for hydroxylation is 2. The summed E-state index contributed by atoms with van der Waals surface area (Å²) in [6.45, 7) is 4.99. The minimum absolute atomic E-state index is 0.0295. The topological polar surface area (TPSA) is 150 Å². The minimum atomic E-state index is -4.45. The molecule has 2 amide bonds. The van der Waals surface area contributed by atoms with Crippen molar-refractivity contribution in [3.63, 3.8) is 0 Å². The summed E-state index contributed by atoms with van der Waals surface area (Å²) in [7, 11) is -4.45. The molecule has 43 heavy (non-hydrogen) atoms. The number of benzene rings is 4. The van der Waals surface area contributed by atoms with E-state index in [0.29, 0.717) is 50.0 Å². The summed E-state index contributed by atoms with van der Waals surface area (Å²) in [5.41, 5.74) is 1.63. The molecule has 0 atom stereocenters. The number of rotatable bonds is 11. The van der Waals surface area contributed by atoms with Gasteiger partial charge >= 0.3 is 5.97 Å². The Morgan fingerprint density at radius 3 is 2.16 bits per heavy atom. The molecule has 10 nitrogen and oxygen atoms in total. The predicted octanol–water partition coefficient (Wildman–Crippen LogP) is 4.83. The average molecular weight is 609 g/mol. The number of carboxylic acids is 1. The van der Waals surface area contributed by atoms with E-state index in [9.17, 15) is 27.4 Å². The lowest BCUT2D eigenvalue weighted by atomic mass is 9.90. The van der Waals surface area contributed by atoms with Crippen molar-refractivity contribution in [3.05, 3.63) is 47.5 Å².